The van der Waals surface area contributed by atoms with E-state index in [4.69, 9.17) is 4.43 Å². The quantitative estimate of drug-likeness (QED) is 0.518. The molecule has 1 unspecified atom stereocenters. The monoisotopic (exact) mass is 240 g/mol. The van der Waals surface area contributed by atoms with E-state index in [9.17, 15) is 13.2 Å². The highest BCUT2D eigenvalue weighted by molar-refractivity contribution is 6.69. The predicted octanol–water partition coefficient (Wildman–Crippen LogP) is 4.13. The number of halogens is 3. The Morgan fingerprint density at radius 1 is 1.33 bits per heavy atom. The van der Waals surface area contributed by atoms with Gasteiger partial charge < -0.3 is 4.43 Å². The van der Waals surface area contributed by atoms with Gasteiger partial charge in [0.15, 0.2) is 8.32 Å². The van der Waals surface area contributed by atoms with Gasteiger partial charge in [0, 0.05) is 0 Å². The average molecular weight is 240 g/mol. The van der Waals surface area contributed by atoms with Gasteiger partial charge >= 0.3 is 6.18 Å². The molecule has 0 spiro atoms. The van der Waals surface area contributed by atoms with Crippen LogP contribution in [0.5, 0.6) is 0 Å². The van der Waals surface area contributed by atoms with Crippen LogP contribution in [0.3, 0.4) is 0 Å². The largest absolute Gasteiger partial charge is 0.414 e. The fraction of sp³-hybridized carbons (Fsp3) is 0.800. The summed E-state index contributed by atoms with van der Waals surface area (Å²) in [6.07, 6.45) is -4.19. The van der Waals surface area contributed by atoms with Gasteiger partial charge in [0.05, 0.1) is 11.7 Å². The van der Waals surface area contributed by atoms with E-state index >= 15 is 0 Å². The van der Waals surface area contributed by atoms with Gasteiger partial charge in [-0.1, -0.05) is 19.9 Å². The Hall–Kier alpha value is -0.293. The summed E-state index contributed by atoms with van der Waals surface area (Å²) in [6, 6.07) is 0. The van der Waals surface area contributed by atoms with Gasteiger partial charge in [-0.25, -0.2) is 0 Å². The Labute approximate surface area is 90.4 Å². The second-order valence-corrected chi connectivity index (χ2v) is 8.99. The first-order chi connectivity index (χ1) is 6.58. The molecule has 0 bridgehead atoms. The fourth-order valence-electron chi connectivity index (χ4n) is 1.18. The van der Waals surface area contributed by atoms with Crippen LogP contribution in [0.2, 0.25) is 19.6 Å². The molecule has 5 heteroatoms. The lowest BCUT2D eigenvalue weighted by atomic mass is 10.1. The smallest absolute Gasteiger partial charge is 0.411 e. The van der Waals surface area contributed by atoms with Crippen LogP contribution in [0, 0.1) is 0 Å². The molecular formula is C10H19F3OSi. The van der Waals surface area contributed by atoms with E-state index in [0.717, 1.165) is 0 Å². The highest BCUT2D eigenvalue weighted by atomic mass is 28.4. The van der Waals surface area contributed by atoms with E-state index in [2.05, 4.69) is 6.58 Å². The van der Waals surface area contributed by atoms with Crippen LogP contribution in [0.1, 0.15) is 19.8 Å². The number of hydrogen-bond acceptors (Lipinski definition) is 1. The van der Waals surface area contributed by atoms with Gasteiger partial charge in [-0.3, -0.25) is 0 Å². The molecule has 0 saturated carbocycles. The molecule has 0 aromatic rings. The molecule has 0 rings (SSSR count). The molecule has 0 aromatic carbocycles. The maximum absolute atomic E-state index is 12.4. The predicted molar refractivity (Wildman–Crippen MR) is 58.3 cm³/mol. The van der Waals surface area contributed by atoms with Crippen molar-refractivity contribution in [3.63, 3.8) is 0 Å². The molecule has 0 amide bonds. The summed E-state index contributed by atoms with van der Waals surface area (Å²) in [5, 5.41) is 0. The van der Waals surface area contributed by atoms with Crippen LogP contribution in [0.15, 0.2) is 12.2 Å². The molecule has 0 aliphatic heterocycles. The fourth-order valence-corrected chi connectivity index (χ4v) is 2.29. The van der Waals surface area contributed by atoms with Gasteiger partial charge in [-0.15, -0.1) is 0 Å². The summed E-state index contributed by atoms with van der Waals surface area (Å²) in [5.41, 5.74) is -0.758. The van der Waals surface area contributed by atoms with E-state index in [-0.39, 0.29) is 0 Å². The summed E-state index contributed by atoms with van der Waals surface area (Å²) in [7, 11) is -1.96. The first-order valence-electron chi connectivity index (χ1n) is 5.01. The molecule has 1 atom stereocenters. The molecule has 0 aromatic heterocycles. The highest BCUT2D eigenvalue weighted by Gasteiger charge is 2.38. The summed E-state index contributed by atoms with van der Waals surface area (Å²) >= 11 is 0. The molecule has 0 aliphatic rings. The molecule has 0 N–H and O–H groups in total. The normalized spacial score (nSPS) is 15.1. The van der Waals surface area contributed by atoms with Crippen LogP contribution < -0.4 is 0 Å². The molecular weight excluding hydrogens is 221 g/mol. The van der Waals surface area contributed by atoms with Gasteiger partial charge in [-0.2, -0.15) is 13.2 Å². The van der Waals surface area contributed by atoms with Gasteiger partial charge in [0.25, 0.3) is 0 Å². The van der Waals surface area contributed by atoms with Crippen molar-refractivity contribution in [1.29, 1.82) is 0 Å². The van der Waals surface area contributed by atoms with Crippen molar-refractivity contribution in [2.75, 3.05) is 0 Å². The minimum Gasteiger partial charge on any atom is -0.411 e. The zero-order valence-electron chi connectivity index (χ0n) is 9.74. The highest BCUT2D eigenvalue weighted by Crippen LogP contribution is 2.31. The summed E-state index contributed by atoms with van der Waals surface area (Å²) in [6.45, 7) is 10.6. The third-order valence-electron chi connectivity index (χ3n) is 1.80. The van der Waals surface area contributed by atoms with Crippen LogP contribution in [-0.2, 0) is 4.43 Å². The van der Waals surface area contributed by atoms with Crippen molar-refractivity contribution < 1.29 is 17.6 Å². The standard InChI is InChI=1S/C10H19F3OSi/c1-6-7-9(14-15(3,4)5)8(2)10(11,12)13/h9H,2,6-7H2,1,3-5H3. The Kier molecular flexibility index (Phi) is 5.06. The minimum absolute atomic E-state index is 0.378. The van der Waals surface area contributed by atoms with E-state index < -0.39 is 26.2 Å². The molecule has 0 radical (unpaired) electrons. The van der Waals surface area contributed by atoms with Gasteiger partial charge in [0.2, 0.25) is 0 Å². The molecule has 0 heterocycles. The minimum atomic E-state index is -4.35. The zero-order valence-corrected chi connectivity index (χ0v) is 10.7. The molecule has 1 nitrogen and oxygen atoms in total. The average Bonchev–Trinajstić information content (AvgIpc) is 1.98. The van der Waals surface area contributed by atoms with Crippen LogP contribution in [-0.4, -0.2) is 20.6 Å². The van der Waals surface area contributed by atoms with Crippen molar-refractivity contribution in [1.82, 2.24) is 0 Å². The lowest BCUT2D eigenvalue weighted by molar-refractivity contribution is -0.104. The Morgan fingerprint density at radius 3 is 2.07 bits per heavy atom. The first-order valence-corrected chi connectivity index (χ1v) is 8.42. The molecule has 0 fully saturated rings. The number of alkyl halides is 3. The van der Waals surface area contributed by atoms with Crippen LogP contribution in [0.25, 0.3) is 0 Å². The first kappa shape index (κ1) is 14.7. The summed E-state index contributed by atoms with van der Waals surface area (Å²) in [5.74, 6) is 0. The van der Waals surface area contributed by atoms with E-state index in [1.54, 1.807) is 0 Å². The van der Waals surface area contributed by atoms with Gasteiger partial charge in [0.1, 0.15) is 0 Å². The van der Waals surface area contributed by atoms with E-state index in [1.807, 2.05) is 26.6 Å². The lowest BCUT2D eigenvalue weighted by Crippen LogP contribution is -2.36. The van der Waals surface area contributed by atoms with E-state index in [1.165, 1.54) is 0 Å². The number of rotatable bonds is 5. The number of hydrogen-bond donors (Lipinski definition) is 0. The van der Waals surface area contributed by atoms with Gasteiger partial charge in [-0.05, 0) is 26.1 Å². The summed E-state index contributed by atoms with van der Waals surface area (Å²) in [4.78, 5) is 0. The Bertz CT molecular complexity index is 218. The molecule has 0 aliphatic carbocycles. The molecule has 0 saturated heterocycles. The second-order valence-electron chi connectivity index (χ2n) is 4.53. The Balaban J connectivity index is 4.60. The van der Waals surface area contributed by atoms with Crippen LogP contribution >= 0.6 is 0 Å². The summed E-state index contributed by atoms with van der Waals surface area (Å²) < 4.78 is 42.8. The van der Waals surface area contributed by atoms with Crippen molar-refractivity contribution in [2.45, 2.75) is 51.7 Å². The van der Waals surface area contributed by atoms with Crippen molar-refractivity contribution in [3.05, 3.63) is 12.2 Å². The molecule has 15 heavy (non-hydrogen) atoms. The lowest BCUT2D eigenvalue weighted by Gasteiger charge is -2.28. The maximum atomic E-state index is 12.4. The SMILES string of the molecule is C=C(C(CCC)O[Si](C)(C)C)C(F)(F)F. The third kappa shape index (κ3) is 5.99. The second kappa shape index (κ2) is 5.16. The maximum Gasteiger partial charge on any atom is 0.414 e. The van der Waals surface area contributed by atoms with Crippen molar-refractivity contribution in [3.8, 4) is 0 Å². The topological polar surface area (TPSA) is 9.23 Å². The zero-order chi connectivity index (χ0) is 12.3. The molecule has 90 valence electrons. The Morgan fingerprint density at radius 2 is 1.80 bits per heavy atom. The van der Waals surface area contributed by atoms with E-state index in [0.29, 0.717) is 12.8 Å². The van der Waals surface area contributed by atoms with Crippen molar-refractivity contribution in [2.24, 2.45) is 0 Å². The van der Waals surface area contributed by atoms with Crippen LogP contribution in [0.4, 0.5) is 13.2 Å². The third-order valence-corrected chi connectivity index (χ3v) is 2.79. The van der Waals surface area contributed by atoms with Crippen molar-refractivity contribution >= 4 is 8.32 Å².